The summed E-state index contributed by atoms with van der Waals surface area (Å²) in [6.07, 6.45) is 3.35. The van der Waals surface area contributed by atoms with Crippen molar-refractivity contribution in [2.75, 3.05) is 7.05 Å². The van der Waals surface area contributed by atoms with Gasteiger partial charge in [-0.15, -0.1) is 0 Å². The van der Waals surface area contributed by atoms with E-state index < -0.39 is 10.8 Å². The molecule has 0 aliphatic heterocycles. The van der Waals surface area contributed by atoms with Crippen molar-refractivity contribution in [1.82, 2.24) is 5.32 Å². The highest BCUT2D eigenvalue weighted by Gasteiger charge is 2.41. The van der Waals surface area contributed by atoms with Crippen LogP contribution in [0, 0.1) is 5.41 Å². The monoisotopic (exact) mass is 299 g/mol. The third-order valence-corrected chi connectivity index (χ3v) is 6.20. The first kappa shape index (κ1) is 15.0. The molecule has 1 aromatic carbocycles. The van der Waals surface area contributed by atoms with Gasteiger partial charge in [-0.25, -0.2) is 0 Å². The van der Waals surface area contributed by atoms with E-state index in [-0.39, 0.29) is 16.7 Å². The smallest absolute Gasteiger partial charge is 0.0576 e. The Kier molecular flexibility index (Phi) is 4.70. The largest absolute Gasteiger partial charge is 0.315 e. The van der Waals surface area contributed by atoms with E-state index in [1.807, 2.05) is 31.3 Å². The summed E-state index contributed by atoms with van der Waals surface area (Å²) >= 11 is 5.89. The number of halogens is 1. The molecule has 0 amide bonds. The average molecular weight is 300 g/mol. The summed E-state index contributed by atoms with van der Waals surface area (Å²) in [6, 6.07) is 7.69. The predicted octanol–water partition coefficient (Wildman–Crippen LogP) is 3.61. The summed E-state index contributed by atoms with van der Waals surface area (Å²) in [4.78, 5) is 0.882. The lowest BCUT2D eigenvalue weighted by Crippen LogP contribution is -2.52. The van der Waals surface area contributed by atoms with Gasteiger partial charge in [-0.2, -0.15) is 0 Å². The van der Waals surface area contributed by atoms with E-state index in [1.165, 1.54) is 6.42 Å². The molecule has 2 rings (SSSR count). The van der Waals surface area contributed by atoms with Crippen LogP contribution < -0.4 is 5.32 Å². The Morgan fingerprint density at radius 2 is 1.95 bits per heavy atom. The van der Waals surface area contributed by atoms with Crippen molar-refractivity contribution in [1.29, 1.82) is 0 Å². The number of nitrogens with one attached hydrogen (secondary N) is 1. The molecule has 0 saturated heterocycles. The molecule has 1 N–H and O–H groups in total. The zero-order valence-corrected chi connectivity index (χ0v) is 13.4. The lowest BCUT2D eigenvalue weighted by atomic mass is 9.73. The second-order valence-corrected chi connectivity index (χ2v) is 8.05. The summed E-state index contributed by atoms with van der Waals surface area (Å²) in [6.45, 7) is 4.53. The topological polar surface area (TPSA) is 29.1 Å². The van der Waals surface area contributed by atoms with Crippen molar-refractivity contribution in [3.63, 3.8) is 0 Å². The minimum Gasteiger partial charge on any atom is -0.315 e. The van der Waals surface area contributed by atoms with Crippen LogP contribution >= 0.6 is 11.6 Å². The van der Waals surface area contributed by atoms with E-state index in [1.54, 1.807) is 0 Å². The molecule has 4 heteroatoms. The third kappa shape index (κ3) is 3.21. The summed E-state index contributed by atoms with van der Waals surface area (Å²) in [5.74, 6) is 0. The SMILES string of the molecule is CNC1C(S(=O)c2ccc(Cl)cc2)CCCC1(C)C. The lowest BCUT2D eigenvalue weighted by molar-refractivity contribution is 0.180. The number of benzene rings is 1. The Hall–Kier alpha value is -0.380. The molecule has 0 heterocycles. The van der Waals surface area contributed by atoms with Crippen LogP contribution in [-0.2, 0) is 10.8 Å². The highest BCUT2D eigenvalue weighted by molar-refractivity contribution is 7.85. The molecule has 1 aliphatic carbocycles. The number of hydrogen-bond acceptors (Lipinski definition) is 2. The zero-order valence-electron chi connectivity index (χ0n) is 11.8. The van der Waals surface area contributed by atoms with Gasteiger partial charge in [0.05, 0.1) is 16.0 Å². The fourth-order valence-electron chi connectivity index (χ4n) is 3.14. The van der Waals surface area contributed by atoms with E-state index in [0.717, 1.165) is 17.7 Å². The summed E-state index contributed by atoms with van der Waals surface area (Å²) in [7, 11) is 1.00. The molecule has 0 radical (unpaired) electrons. The van der Waals surface area contributed by atoms with Crippen LogP contribution in [0.25, 0.3) is 0 Å². The first-order valence-electron chi connectivity index (χ1n) is 6.79. The maximum atomic E-state index is 12.8. The first-order valence-corrected chi connectivity index (χ1v) is 8.38. The Labute approximate surface area is 123 Å². The van der Waals surface area contributed by atoms with Gasteiger partial charge in [0.15, 0.2) is 0 Å². The Morgan fingerprint density at radius 3 is 2.53 bits per heavy atom. The quantitative estimate of drug-likeness (QED) is 0.924. The maximum absolute atomic E-state index is 12.8. The van der Waals surface area contributed by atoms with Crippen LogP contribution in [-0.4, -0.2) is 22.5 Å². The van der Waals surface area contributed by atoms with Crippen LogP contribution in [0.2, 0.25) is 5.02 Å². The van der Waals surface area contributed by atoms with Crippen molar-refractivity contribution in [2.45, 2.75) is 49.3 Å². The standard InChI is InChI=1S/C15H22ClNOS/c1-15(2)10-4-5-13(14(15)17-3)19(18)12-8-6-11(16)7-9-12/h6-9,13-14,17H,4-5,10H2,1-3H3. The molecule has 3 atom stereocenters. The van der Waals surface area contributed by atoms with Crippen LogP contribution in [0.4, 0.5) is 0 Å². The average Bonchev–Trinajstić information content (AvgIpc) is 2.37. The van der Waals surface area contributed by atoms with Crippen molar-refractivity contribution in [2.24, 2.45) is 5.41 Å². The Balaban J connectivity index is 2.24. The zero-order chi connectivity index (χ0) is 14.0. The van der Waals surface area contributed by atoms with Crippen LogP contribution in [0.5, 0.6) is 0 Å². The molecular weight excluding hydrogens is 278 g/mol. The molecule has 1 fully saturated rings. The van der Waals surface area contributed by atoms with Gasteiger partial charge in [0.2, 0.25) is 0 Å². The second kappa shape index (κ2) is 5.94. The summed E-state index contributed by atoms with van der Waals surface area (Å²) < 4.78 is 12.8. The van der Waals surface area contributed by atoms with Gasteiger partial charge in [-0.1, -0.05) is 31.9 Å². The fraction of sp³-hybridized carbons (Fsp3) is 0.600. The van der Waals surface area contributed by atoms with Gasteiger partial charge in [0.1, 0.15) is 0 Å². The van der Waals surface area contributed by atoms with Crippen molar-refractivity contribution in [3.8, 4) is 0 Å². The lowest BCUT2D eigenvalue weighted by Gasteiger charge is -2.43. The molecule has 3 unspecified atom stereocenters. The molecule has 2 nitrogen and oxygen atoms in total. The van der Waals surface area contributed by atoms with Crippen LogP contribution in [0.15, 0.2) is 29.2 Å². The van der Waals surface area contributed by atoms with E-state index in [0.29, 0.717) is 5.02 Å². The molecule has 1 aromatic rings. The number of rotatable bonds is 3. The Morgan fingerprint density at radius 1 is 1.32 bits per heavy atom. The second-order valence-electron chi connectivity index (χ2n) is 5.94. The van der Waals surface area contributed by atoms with Crippen molar-refractivity contribution < 1.29 is 4.21 Å². The predicted molar refractivity (Wildman–Crippen MR) is 82.1 cm³/mol. The summed E-state index contributed by atoms with van der Waals surface area (Å²) in [5.41, 5.74) is 0.194. The molecule has 0 spiro atoms. The molecule has 106 valence electrons. The minimum absolute atomic E-state index is 0.176. The van der Waals surface area contributed by atoms with E-state index in [2.05, 4.69) is 19.2 Å². The van der Waals surface area contributed by atoms with Gasteiger partial charge >= 0.3 is 0 Å². The van der Waals surface area contributed by atoms with Gasteiger partial charge in [-0.3, -0.25) is 4.21 Å². The van der Waals surface area contributed by atoms with E-state index >= 15 is 0 Å². The molecular formula is C15H22ClNOS. The van der Waals surface area contributed by atoms with Crippen molar-refractivity contribution >= 4 is 22.4 Å². The third-order valence-electron chi connectivity index (χ3n) is 4.16. The van der Waals surface area contributed by atoms with Gasteiger partial charge in [-0.05, 0) is 49.6 Å². The number of hydrogen-bond donors (Lipinski definition) is 1. The van der Waals surface area contributed by atoms with Gasteiger partial charge in [0.25, 0.3) is 0 Å². The molecule has 19 heavy (non-hydrogen) atoms. The van der Waals surface area contributed by atoms with Crippen molar-refractivity contribution in [3.05, 3.63) is 29.3 Å². The van der Waals surface area contributed by atoms with Crippen LogP contribution in [0.1, 0.15) is 33.1 Å². The highest BCUT2D eigenvalue weighted by Crippen LogP contribution is 2.38. The minimum atomic E-state index is -0.976. The fourth-order valence-corrected chi connectivity index (χ4v) is 5.15. The molecule has 1 aliphatic rings. The van der Waals surface area contributed by atoms with E-state index in [4.69, 9.17) is 11.6 Å². The van der Waals surface area contributed by atoms with Gasteiger partial charge < -0.3 is 5.32 Å². The van der Waals surface area contributed by atoms with Crippen LogP contribution in [0.3, 0.4) is 0 Å². The molecule has 0 aromatic heterocycles. The molecule has 0 bridgehead atoms. The van der Waals surface area contributed by atoms with E-state index in [9.17, 15) is 4.21 Å². The highest BCUT2D eigenvalue weighted by atomic mass is 35.5. The normalized spacial score (nSPS) is 28.0. The van der Waals surface area contributed by atoms with Gasteiger partial charge in [0, 0.05) is 16.0 Å². The maximum Gasteiger partial charge on any atom is 0.0576 e. The Bertz CT molecular complexity index is 458. The first-order chi connectivity index (χ1) is 8.95. The molecule has 1 saturated carbocycles. The summed E-state index contributed by atoms with van der Waals surface area (Å²) in [5, 5.41) is 4.25.